The smallest absolute Gasteiger partial charge is 0.183 e. The van der Waals surface area contributed by atoms with Gasteiger partial charge in [0.25, 0.3) is 0 Å². The van der Waals surface area contributed by atoms with Crippen molar-refractivity contribution in [2.45, 2.75) is 0 Å². The van der Waals surface area contributed by atoms with E-state index in [1.807, 2.05) is 48.5 Å². The molecule has 10 aromatic rings. The number of benzene rings is 7. The fourth-order valence-corrected chi connectivity index (χ4v) is 6.97. The van der Waals surface area contributed by atoms with Crippen LogP contribution >= 0.6 is 0 Å². The highest BCUT2D eigenvalue weighted by atomic mass is 16.3. The minimum atomic E-state index is 0.493. The highest BCUT2D eigenvalue weighted by molar-refractivity contribution is 6.15. The van der Waals surface area contributed by atoms with E-state index in [1.54, 1.807) is 6.20 Å². The molecule has 0 aliphatic heterocycles. The minimum absolute atomic E-state index is 0.493. The molecule has 0 radical (unpaired) electrons. The van der Waals surface area contributed by atoms with Crippen LogP contribution in [0.1, 0.15) is 0 Å². The lowest BCUT2D eigenvalue weighted by molar-refractivity contribution is 0.669. The van der Waals surface area contributed by atoms with Crippen LogP contribution in [-0.4, -0.2) is 19.9 Å². The Labute approximate surface area is 281 Å². The number of para-hydroxylation sites is 1. The molecule has 0 N–H and O–H groups in total. The zero-order valence-corrected chi connectivity index (χ0v) is 26.2. The van der Waals surface area contributed by atoms with Crippen molar-refractivity contribution >= 4 is 54.3 Å². The molecule has 10 rings (SSSR count). The van der Waals surface area contributed by atoms with Crippen LogP contribution in [0.4, 0.5) is 0 Å². The van der Waals surface area contributed by atoms with Crippen molar-refractivity contribution in [2.24, 2.45) is 0 Å². The SMILES string of the molecule is c1ccc(-c2nc(-c3ccc4ccccc4c3)nc(-c3nccc4oc5c(-c6ccc7ccc8ccccc8c7c6)cccc5c34)n2)cc1. The Hall–Kier alpha value is -6.72. The van der Waals surface area contributed by atoms with Crippen molar-refractivity contribution in [1.82, 2.24) is 19.9 Å². The van der Waals surface area contributed by atoms with E-state index in [0.29, 0.717) is 23.2 Å². The third-order valence-corrected chi connectivity index (χ3v) is 9.35. The molecule has 228 valence electrons. The van der Waals surface area contributed by atoms with E-state index in [4.69, 9.17) is 24.4 Å². The van der Waals surface area contributed by atoms with Gasteiger partial charge in [0, 0.05) is 28.3 Å². The Balaban J connectivity index is 1.19. The van der Waals surface area contributed by atoms with Crippen LogP contribution in [0, 0.1) is 0 Å². The number of furan rings is 1. The van der Waals surface area contributed by atoms with Gasteiger partial charge in [-0.05, 0) is 56.1 Å². The van der Waals surface area contributed by atoms with Crippen LogP contribution in [0.2, 0.25) is 0 Å². The predicted molar refractivity (Wildman–Crippen MR) is 199 cm³/mol. The second-order valence-corrected chi connectivity index (χ2v) is 12.3. The van der Waals surface area contributed by atoms with Crippen LogP contribution in [0.3, 0.4) is 0 Å². The summed E-state index contributed by atoms with van der Waals surface area (Å²) in [5.74, 6) is 1.67. The van der Waals surface area contributed by atoms with E-state index >= 15 is 0 Å². The molecular formula is C44H26N4O. The summed E-state index contributed by atoms with van der Waals surface area (Å²) < 4.78 is 6.67. The van der Waals surface area contributed by atoms with Gasteiger partial charge in [0.15, 0.2) is 17.5 Å². The molecule has 3 heterocycles. The van der Waals surface area contributed by atoms with Gasteiger partial charge in [0.05, 0.1) is 5.39 Å². The van der Waals surface area contributed by atoms with Gasteiger partial charge in [-0.15, -0.1) is 0 Å². The molecule has 7 aromatic carbocycles. The molecule has 0 saturated carbocycles. The molecule has 0 amide bonds. The number of hydrogen-bond donors (Lipinski definition) is 0. The largest absolute Gasteiger partial charge is 0.455 e. The first-order valence-corrected chi connectivity index (χ1v) is 16.3. The number of aromatic nitrogens is 4. The van der Waals surface area contributed by atoms with Crippen LogP contribution in [-0.2, 0) is 0 Å². The average molecular weight is 627 g/mol. The lowest BCUT2D eigenvalue weighted by atomic mass is 9.96. The van der Waals surface area contributed by atoms with Crippen LogP contribution in [0.25, 0.3) is 99.7 Å². The number of fused-ring (bicyclic) bond motifs is 7. The first kappa shape index (κ1) is 27.4. The molecule has 0 aliphatic rings. The van der Waals surface area contributed by atoms with Gasteiger partial charge in [-0.3, -0.25) is 4.98 Å². The Morgan fingerprint density at radius 3 is 1.94 bits per heavy atom. The topological polar surface area (TPSA) is 64.7 Å². The van der Waals surface area contributed by atoms with Gasteiger partial charge in [0.1, 0.15) is 16.9 Å². The van der Waals surface area contributed by atoms with Crippen LogP contribution in [0.15, 0.2) is 162 Å². The van der Waals surface area contributed by atoms with Gasteiger partial charge < -0.3 is 4.42 Å². The summed E-state index contributed by atoms with van der Waals surface area (Å²) in [5.41, 5.74) is 6.11. The predicted octanol–water partition coefficient (Wildman–Crippen LogP) is 11.3. The zero-order chi connectivity index (χ0) is 32.3. The van der Waals surface area contributed by atoms with E-state index in [-0.39, 0.29) is 0 Å². The molecule has 0 saturated heterocycles. The van der Waals surface area contributed by atoms with Crippen molar-refractivity contribution in [3.05, 3.63) is 158 Å². The molecule has 0 unspecified atom stereocenters. The highest BCUT2D eigenvalue weighted by Crippen LogP contribution is 2.40. The van der Waals surface area contributed by atoms with Crippen molar-refractivity contribution in [3.63, 3.8) is 0 Å². The Kier molecular flexibility index (Phi) is 6.11. The summed E-state index contributed by atoms with van der Waals surface area (Å²) in [4.78, 5) is 19.9. The summed E-state index contributed by atoms with van der Waals surface area (Å²) >= 11 is 0. The molecular weight excluding hydrogens is 601 g/mol. The minimum Gasteiger partial charge on any atom is -0.455 e. The van der Waals surface area contributed by atoms with Gasteiger partial charge >= 0.3 is 0 Å². The van der Waals surface area contributed by atoms with E-state index in [0.717, 1.165) is 55.0 Å². The summed E-state index contributed by atoms with van der Waals surface area (Å²) in [5, 5.41) is 9.00. The standard InChI is InChI=1S/C44H26N4O/c1-2-11-30(12-3-1)42-46-43(33-22-17-27-9-4-5-13-31(27)25-33)48-44(47-42)40-39-36-16-8-15-35(41(36)49-38(39)23-24-45-40)32-21-20-29-19-18-28-10-6-7-14-34(28)37(29)26-32/h1-26H. The van der Waals surface area contributed by atoms with Gasteiger partial charge in [0.2, 0.25) is 0 Å². The summed E-state index contributed by atoms with van der Waals surface area (Å²) in [7, 11) is 0. The fourth-order valence-electron chi connectivity index (χ4n) is 6.97. The molecule has 5 nitrogen and oxygen atoms in total. The van der Waals surface area contributed by atoms with Gasteiger partial charge in [-0.2, -0.15) is 0 Å². The molecule has 0 atom stereocenters. The Bertz CT molecular complexity index is 2890. The lowest BCUT2D eigenvalue weighted by Gasteiger charge is -2.09. The Morgan fingerprint density at radius 1 is 0.408 bits per heavy atom. The molecule has 0 bridgehead atoms. The molecule has 49 heavy (non-hydrogen) atoms. The van der Waals surface area contributed by atoms with Crippen molar-refractivity contribution < 1.29 is 4.42 Å². The van der Waals surface area contributed by atoms with E-state index in [9.17, 15) is 0 Å². The lowest BCUT2D eigenvalue weighted by Crippen LogP contribution is -2.01. The van der Waals surface area contributed by atoms with Crippen LogP contribution < -0.4 is 0 Å². The summed E-state index contributed by atoms with van der Waals surface area (Å²) in [6.07, 6.45) is 1.77. The molecule has 3 aromatic heterocycles. The van der Waals surface area contributed by atoms with Crippen molar-refractivity contribution in [1.29, 1.82) is 0 Å². The van der Waals surface area contributed by atoms with E-state index in [1.165, 1.54) is 21.5 Å². The highest BCUT2D eigenvalue weighted by Gasteiger charge is 2.21. The summed E-state index contributed by atoms with van der Waals surface area (Å²) in [6.45, 7) is 0. The molecule has 0 aliphatic carbocycles. The number of pyridine rings is 1. The first-order valence-electron chi connectivity index (χ1n) is 16.3. The Morgan fingerprint density at radius 2 is 1.06 bits per heavy atom. The number of nitrogens with zero attached hydrogens (tertiary/aromatic N) is 4. The number of rotatable bonds is 4. The van der Waals surface area contributed by atoms with Crippen molar-refractivity contribution in [3.8, 4) is 45.4 Å². The molecule has 0 spiro atoms. The maximum Gasteiger partial charge on any atom is 0.183 e. The third kappa shape index (κ3) is 4.55. The van der Waals surface area contributed by atoms with Gasteiger partial charge in [-0.1, -0.05) is 133 Å². The second-order valence-electron chi connectivity index (χ2n) is 12.3. The van der Waals surface area contributed by atoms with Crippen LogP contribution in [0.5, 0.6) is 0 Å². The van der Waals surface area contributed by atoms with E-state index in [2.05, 4.69) is 103 Å². The summed E-state index contributed by atoms with van der Waals surface area (Å²) in [6, 6.07) is 52.4. The second kappa shape index (κ2) is 10.9. The van der Waals surface area contributed by atoms with E-state index < -0.39 is 0 Å². The first-order chi connectivity index (χ1) is 24.3. The number of hydrogen-bond acceptors (Lipinski definition) is 5. The average Bonchev–Trinajstić information content (AvgIpc) is 3.57. The maximum absolute atomic E-state index is 6.67. The quantitative estimate of drug-likeness (QED) is 0.182. The monoisotopic (exact) mass is 626 g/mol. The molecule has 5 heteroatoms. The fraction of sp³-hybridized carbons (Fsp3) is 0. The third-order valence-electron chi connectivity index (χ3n) is 9.35. The zero-order valence-electron chi connectivity index (χ0n) is 26.2. The maximum atomic E-state index is 6.67. The van der Waals surface area contributed by atoms with Crippen molar-refractivity contribution in [2.75, 3.05) is 0 Å². The van der Waals surface area contributed by atoms with Gasteiger partial charge in [-0.25, -0.2) is 15.0 Å². The molecule has 0 fully saturated rings. The normalized spacial score (nSPS) is 11.7.